The summed E-state index contributed by atoms with van der Waals surface area (Å²) in [7, 11) is 0. The number of oxime groups is 1. The second-order valence-corrected chi connectivity index (χ2v) is 6.62. The largest absolute Gasteiger partial charge is 0.411 e. The molecule has 4 nitrogen and oxygen atoms in total. The molecule has 5 heteroatoms. The van der Waals surface area contributed by atoms with Crippen molar-refractivity contribution in [3.63, 3.8) is 0 Å². The molecule has 1 heterocycles. The highest BCUT2D eigenvalue weighted by Crippen LogP contribution is 2.30. The summed E-state index contributed by atoms with van der Waals surface area (Å²) >= 11 is 3.43. The van der Waals surface area contributed by atoms with Crippen molar-refractivity contribution < 1.29 is 5.21 Å². The fraction of sp³-hybridized carbons (Fsp3) is 0.353. The first kappa shape index (κ1) is 15.2. The topological polar surface area (TPSA) is 58.4 Å². The van der Waals surface area contributed by atoms with E-state index >= 15 is 0 Å². The zero-order valence-corrected chi connectivity index (χ0v) is 14.0. The van der Waals surface area contributed by atoms with Gasteiger partial charge in [-0.3, -0.25) is 0 Å². The molecule has 22 heavy (non-hydrogen) atoms. The third-order valence-electron chi connectivity index (χ3n) is 4.10. The summed E-state index contributed by atoms with van der Waals surface area (Å²) in [6, 6.07) is 9.95. The molecule has 0 amide bonds. The summed E-state index contributed by atoms with van der Waals surface area (Å²) < 4.78 is 1.03. The lowest BCUT2D eigenvalue weighted by atomic mass is 9.83. The minimum atomic E-state index is 0.497. The number of benzene rings is 1. The normalized spacial score (nSPS) is 19.2. The number of rotatable bonds is 3. The van der Waals surface area contributed by atoms with Gasteiger partial charge in [0, 0.05) is 15.6 Å². The molecule has 0 radical (unpaired) electrons. The zero-order valence-electron chi connectivity index (χ0n) is 12.5. The first-order valence-corrected chi connectivity index (χ1v) is 8.34. The summed E-state index contributed by atoms with van der Waals surface area (Å²) in [5.74, 6) is 0.497. The van der Waals surface area contributed by atoms with Crippen molar-refractivity contribution in [2.24, 2.45) is 11.1 Å². The summed E-state index contributed by atoms with van der Waals surface area (Å²) in [6.07, 6.45) is 3.97. The zero-order chi connectivity index (χ0) is 15.5. The first-order valence-electron chi connectivity index (χ1n) is 7.55. The fourth-order valence-corrected chi connectivity index (χ4v) is 3.28. The van der Waals surface area contributed by atoms with E-state index < -0.39 is 0 Å². The Labute approximate surface area is 138 Å². The van der Waals surface area contributed by atoms with Crippen molar-refractivity contribution in [2.45, 2.75) is 32.6 Å². The van der Waals surface area contributed by atoms with Crippen LogP contribution in [-0.4, -0.2) is 21.1 Å². The molecular formula is C17H18BrN3O. The second-order valence-electron chi connectivity index (χ2n) is 5.71. The second kappa shape index (κ2) is 6.57. The Balaban J connectivity index is 1.98. The maximum Gasteiger partial charge on any atom is 0.0936 e. The molecule has 0 saturated heterocycles. The number of aromatic nitrogens is 2. The molecule has 1 aromatic carbocycles. The van der Waals surface area contributed by atoms with Crippen LogP contribution in [0, 0.1) is 5.92 Å². The summed E-state index contributed by atoms with van der Waals surface area (Å²) in [5.41, 5.74) is 4.42. The van der Waals surface area contributed by atoms with E-state index in [0.717, 1.165) is 58.4 Å². The lowest BCUT2D eigenvalue weighted by molar-refractivity contribution is 0.314. The molecule has 1 aromatic heterocycles. The van der Waals surface area contributed by atoms with Crippen LogP contribution in [0.5, 0.6) is 0 Å². The Kier molecular flexibility index (Phi) is 4.52. The van der Waals surface area contributed by atoms with Gasteiger partial charge in [0.2, 0.25) is 0 Å². The van der Waals surface area contributed by atoms with E-state index in [1.54, 1.807) is 0 Å². The Morgan fingerprint density at radius 3 is 2.68 bits per heavy atom. The average Bonchev–Trinajstić information content (AvgIpc) is 2.55. The van der Waals surface area contributed by atoms with Crippen molar-refractivity contribution in [2.75, 3.05) is 0 Å². The van der Waals surface area contributed by atoms with Gasteiger partial charge in [0.25, 0.3) is 0 Å². The van der Waals surface area contributed by atoms with Crippen LogP contribution in [0.2, 0.25) is 0 Å². The molecule has 0 aliphatic heterocycles. The maximum absolute atomic E-state index is 9.36. The van der Waals surface area contributed by atoms with Crippen molar-refractivity contribution in [3.8, 4) is 11.3 Å². The van der Waals surface area contributed by atoms with Gasteiger partial charge in [0.05, 0.1) is 17.1 Å². The minimum Gasteiger partial charge on any atom is -0.411 e. The Morgan fingerprint density at radius 2 is 2.00 bits per heavy atom. The predicted octanol–water partition coefficient (Wildman–Crippen LogP) is 4.45. The van der Waals surface area contributed by atoms with E-state index in [1.807, 2.05) is 30.3 Å². The van der Waals surface area contributed by atoms with Gasteiger partial charge in [0.1, 0.15) is 0 Å². The van der Waals surface area contributed by atoms with Gasteiger partial charge in [-0.1, -0.05) is 46.6 Å². The molecule has 1 atom stereocenters. The number of hydrogen-bond donors (Lipinski definition) is 1. The standard InChI is InChI=1S/C17H18BrN3O/c1-2-3-11-8-16-14(17(9-11)21-22)10-15(19-20-16)12-4-6-13(18)7-5-12/h4-7,10-11,22H,2-3,8-9H2,1H3/b21-17-/t11-/m1/s1. The molecule has 1 aliphatic rings. The predicted molar refractivity (Wildman–Crippen MR) is 90.2 cm³/mol. The maximum atomic E-state index is 9.36. The minimum absolute atomic E-state index is 0.497. The van der Waals surface area contributed by atoms with Gasteiger partial charge in [-0.05, 0) is 43.4 Å². The highest BCUT2D eigenvalue weighted by molar-refractivity contribution is 9.10. The summed E-state index contributed by atoms with van der Waals surface area (Å²) in [6.45, 7) is 2.17. The summed E-state index contributed by atoms with van der Waals surface area (Å²) in [5, 5.41) is 21.6. The van der Waals surface area contributed by atoms with Crippen LogP contribution in [0.3, 0.4) is 0 Å². The highest BCUT2D eigenvalue weighted by atomic mass is 79.9. The third kappa shape index (κ3) is 3.04. The Hall–Kier alpha value is -1.75. The van der Waals surface area contributed by atoms with Crippen molar-refractivity contribution >= 4 is 21.6 Å². The molecule has 1 aliphatic carbocycles. The van der Waals surface area contributed by atoms with Crippen LogP contribution in [0.4, 0.5) is 0 Å². The lowest BCUT2D eigenvalue weighted by Gasteiger charge is -2.24. The van der Waals surface area contributed by atoms with Crippen LogP contribution >= 0.6 is 15.9 Å². The molecule has 0 saturated carbocycles. The van der Waals surface area contributed by atoms with Gasteiger partial charge in [0.15, 0.2) is 0 Å². The number of hydrogen-bond acceptors (Lipinski definition) is 4. The summed E-state index contributed by atoms with van der Waals surface area (Å²) in [4.78, 5) is 0. The third-order valence-corrected chi connectivity index (χ3v) is 4.63. The van der Waals surface area contributed by atoms with Crippen molar-refractivity contribution in [1.29, 1.82) is 0 Å². The van der Waals surface area contributed by atoms with E-state index in [2.05, 4.69) is 38.2 Å². The van der Waals surface area contributed by atoms with Crippen LogP contribution in [0.1, 0.15) is 37.4 Å². The van der Waals surface area contributed by atoms with E-state index in [9.17, 15) is 5.21 Å². The smallest absolute Gasteiger partial charge is 0.0936 e. The van der Waals surface area contributed by atoms with E-state index in [0.29, 0.717) is 5.92 Å². The molecular weight excluding hydrogens is 342 g/mol. The Morgan fingerprint density at radius 1 is 1.23 bits per heavy atom. The van der Waals surface area contributed by atoms with Gasteiger partial charge in [-0.15, -0.1) is 0 Å². The van der Waals surface area contributed by atoms with E-state index in [4.69, 9.17) is 0 Å². The highest BCUT2D eigenvalue weighted by Gasteiger charge is 2.25. The number of fused-ring (bicyclic) bond motifs is 1. The molecule has 0 spiro atoms. The van der Waals surface area contributed by atoms with Crippen LogP contribution in [0.25, 0.3) is 11.3 Å². The SMILES string of the molecule is CCC[C@H]1C/C(=N/O)c2cc(-c3ccc(Br)cc3)nnc2C1. The molecule has 0 fully saturated rings. The molecule has 0 unspecified atom stereocenters. The van der Waals surface area contributed by atoms with Gasteiger partial charge in [-0.2, -0.15) is 10.2 Å². The van der Waals surface area contributed by atoms with Crippen molar-refractivity contribution in [3.05, 3.63) is 46.1 Å². The van der Waals surface area contributed by atoms with E-state index in [-0.39, 0.29) is 0 Å². The number of halogens is 1. The van der Waals surface area contributed by atoms with Gasteiger partial charge < -0.3 is 5.21 Å². The molecule has 2 aromatic rings. The molecule has 1 N–H and O–H groups in total. The molecule has 0 bridgehead atoms. The number of nitrogens with zero attached hydrogens (tertiary/aromatic N) is 3. The average molecular weight is 360 g/mol. The van der Waals surface area contributed by atoms with Crippen LogP contribution in [0.15, 0.2) is 40.0 Å². The lowest BCUT2D eigenvalue weighted by Crippen LogP contribution is -2.22. The fourth-order valence-electron chi connectivity index (χ4n) is 3.02. The first-order chi connectivity index (χ1) is 10.7. The van der Waals surface area contributed by atoms with E-state index in [1.165, 1.54) is 0 Å². The van der Waals surface area contributed by atoms with Crippen LogP contribution in [-0.2, 0) is 6.42 Å². The molecule has 3 rings (SSSR count). The molecule has 114 valence electrons. The van der Waals surface area contributed by atoms with Crippen LogP contribution < -0.4 is 0 Å². The van der Waals surface area contributed by atoms with Crippen molar-refractivity contribution in [1.82, 2.24) is 10.2 Å². The quantitative estimate of drug-likeness (QED) is 0.650. The Bertz CT molecular complexity index is 698. The van der Waals surface area contributed by atoms with Gasteiger partial charge in [-0.25, -0.2) is 0 Å². The monoisotopic (exact) mass is 359 g/mol. The van der Waals surface area contributed by atoms with Gasteiger partial charge >= 0.3 is 0 Å².